The zero-order valence-electron chi connectivity index (χ0n) is 18.5. The molecule has 0 aliphatic heterocycles. The third-order valence-corrected chi connectivity index (χ3v) is 7.18. The van der Waals surface area contributed by atoms with E-state index in [2.05, 4.69) is 10.4 Å². The van der Waals surface area contributed by atoms with Crippen LogP contribution < -0.4 is 5.32 Å². The highest BCUT2D eigenvalue weighted by Crippen LogP contribution is 2.55. The molecule has 0 radical (unpaired) electrons. The molecule has 14 heteroatoms. The number of rotatable bonds is 6. The monoisotopic (exact) mass is 526 g/mol. The van der Waals surface area contributed by atoms with Gasteiger partial charge in [-0.2, -0.15) is 18.3 Å². The molecule has 35 heavy (non-hydrogen) atoms. The first-order valence-electron chi connectivity index (χ1n) is 10.4. The number of hydrogen-bond donors (Lipinski definition) is 2. The molecule has 2 aliphatic rings. The molecule has 2 saturated carbocycles. The number of benzene rings is 1. The second-order valence-corrected chi connectivity index (χ2v) is 11.8. The van der Waals surface area contributed by atoms with Gasteiger partial charge in [-0.25, -0.2) is 26.6 Å². The van der Waals surface area contributed by atoms with Crippen molar-refractivity contribution in [2.75, 3.05) is 11.6 Å². The first-order valence-corrected chi connectivity index (χ1v) is 12.4. The lowest BCUT2D eigenvalue weighted by Crippen LogP contribution is -2.47. The van der Waals surface area contributed by atoms with Gasteiger partial charge in [0.25, 0.3) is 5.91 Å². The minimum atomic E-state index is -5.21. The third kappa shape index (κ3) is 5.02. The fourth-order valence-electron chi connectivity index (χ4n) is 4.46. The van der Waals surface area contributed by atoms with E-state index < -0.39 is 86.7 Å². The normalized spacial score (nSPS) is 21.6. The molecule has 4 rings (SSSR count). The van der Waals surface area contributed by atoms with Crippen LogP contribution in [0.5, 0.6) is 0 Å². The van der Waals surface area contributed by atoms with Crippen molar-refractivity contribution in [3.05, 3.63) is 41.0 Å². The molecule has 1 aromatic heterocycles. The average Bonchev–Trinajstić information content (AvgIpc) is 3.25. The maximum absolute atomic E-state index is 14.9. The number of carbonyl (C=O) groups is 1. The molecule has 0 spiro atoms. The van der Waals surface area contributed by atoms with E-state index in [1.165, 1.54) is 6.92 Å². The summed E-state index contributed by atoms with van der Waals surface area (Å²) in [5.74, 6) is -5.45. The molecule has 1 atom stereocenters. The van der Waals surface area contributed by atoms with E-state index >= 15 is 0 Å². The van der Waals surface area contributed by atoms with E-state index in [0.717, 1.165) is 24.5 Å². The molecule has 2 fully saturated rings. The second kappa shape index (κ2) is 7.68. The fourth-order valence-corrected chi connectivity index (χ4v) is 5.15. The molecule has 2 aromatic rings. The SMILES string of the molecule is CC1(Cn2nc(C3(F)CC3)c(C(F)(F)F)c2C(=O)Nc2cc(F)cc(S(C)(=N)=O)c2)CC(F)(F)C1. The Morgan fingerprint density at radius 2 is 1.80 bits per heavy atom. The number of amides is 1. The number of nitrogens with one attached hydrogen (secondary N) is 2. The van der Waals surface area contributed by atoms with E-state index in [0.29, 0.717) is 4.68 Å². The Morgan fingerprint density at radius 1 is 1.20 bits per heavy atom. The fraction of sp³-hybridized carbons (Fsp3) is 0.524. The van der Waals surface area contributed by atoms with Crippen molar-refractivity contribution in [1.29, 1.82) is 4.78 Å². The Labute approximate surface area is 195 Å². The summed E-state index contributed by atoms with van der Waals surface area (Å²) in [4.78, 5) is 12.8. The Kier molecular flexibility index (Phi) is 5.58. The summed E-state index contributed by atoms with van der Waals surface area (Å²) in [6.07, 6.45) is -6.02. The van der Waals surface area contributed by atoms with Crippen molar-refractivity contribution >= 4 is 21.3 Å². The first kappa shape index (κ1) is 25.5. The van der Waals surface area contributed by atoms with Crippen LogP contribution in [0.4, 0.5) is 36.4 Å². The van der Waals surface area contributed by atoms with Gasteiger partial charge in [0.15, 0.2) is 5.67 Å². The summed E-state index contributed by atoms with van der Waals surface area (Å²) in [7, 11) is -3.44. The average molecular weight is 526 g/mol. The maximum atomic E-state index is 14.9. The predicted molar refractivity (Wildman–Crippen MR) is 111 cm³/mol. The molecule has 192 valence electrons. The van der Waals surface area contributed by atoms with Crippen LogP contribution in [0.25, 0.3) is 0 Å². The van der Waals surface area contributed by atoms with E-state index in [1.54, 1.807) is 0 Å². The summed E-state index contributed by atoms with van der Waals surface area (Å²) >= 11 is 0. The summed E-state index contributed by atoms with van der Waals surface area (Å²) in [5, 5.41) is 5.80. The molecule has 1 amide bonds. The van der Waals surface area contributed by atoms with Gasteiger partial charge in [-0.05, 0) is 36.5 Å². The molecule has 1 heterocycles. The number of alkyl halides is 6. The Hall–Kier alpha value is -2.64. The van der Waals surface area contributed by atoms with Crippen LogP contribution in [0.1, 0.15) is 54.4 Å². The summed E-state index contributed by atoms with van der Waals surface area (Å²) < 4.78 is 118. The first-order chi connectivity index (χ1) is 15.8. The van der Waals surface area contributed by atoms with Crippen LogP contribution in [-0.4, -0.2) is 32.1 Å². The molecule has 2 aliphatic carbocycles. The molecule has 6 nitrogen and oxygen atoms in total. The number of aromatic nitrogens is 2. The lowest BCUT2D eigenvalue weighted by molar-refractivity contribution is -0.160. The van der Waals surface area contributed by atoms with Gasteiger partial charge in [-0.1, -0.05) is 6.92 Å². The van der Waals surface area contributed by atoms with Crippen molar-refractivity contribution in [3.8, 4) is 0 Å². The lowest BCUT2D eigenvalue weighted by Gasteiger charge is -2.44. The zero-order valence-corrected chi connectivity index (χ0v) is 19.3. The van der Waals surface area contributed by atoms with Gasteiger partial charge in [-0.15, -0.1) is 0 Å². The summed E-state index contributed by atoms with van der Waals surface area (Å²) in [5.41, 5.74) is -7.70. The number of anilines is 1. The van der Waals surface area contributed by atoms with Crippen molar-refractivity contribution in [3.63, 3.8) is 0 Å². The molecular weight excluding hydrogens is 505 g/mol. The Morgan fingerprint density at radius 3 is 2.29 bits per heavy atom. The Balaban J connectivity index is 1.80. The van der Waals surface area contributed by atoms with Crippen molar-refractivity contribution < 1.29 is 39.7 Å². The van der Waals surface area contributed by atoms with Crippen LogP contribution in [0.2, 0.25) is 0 Å². The van der Waals surface area contributed by atoms with Gasteiger partial charge >= 0.3 is 6.18 Å². The minimum Gasteiger partial charge on any atom is -0.321 e. The van der Waals surface area contributed by atoms with E-state index in [1.807, 2.05) is 0 Å². The number of halogens is 7. The van der Waals surface area contributed by atoms with Gasteiger partial charge < -0.3 is 5.32 Å². The molecule has 1 aromatic carbocycles. The van der Waals surface area contributed by atoms with Crippen molar-refractivity contribution in [2.45, 2.75) is 61.8 Å². The van der Waals surface area contributed by atoms with Gasteiger partial charge in [-0.3, -0.25) is 9.48 Å². The smallest absolute Gasteiger partial charge is 0.321 e. The second-order valence-electron chi connectivity index (χ2n) is 9.69. The van der Waals surface area contributed by atoms with Crippen LogP contribution in [0.15, 0.2) is 23.1 Å². The molecule has 2 N–H and O–H groups in total. The van der Waals surface area contributed by atoms with Crippen molar-refractivity contribution in [2.24, 2.45) is 5.41 Å². The molecular formula is C21H21F7N4O2S. The third-order valence-electron chi connectivity index (χ3n) is 6.05. The Bertz CT molecular complexity index is 1310. The van der Waals surface area contributed by atoms with Gasteiger partial charge in [0.2, 0.25) is 5.92 Å². The number of carbonyl (C=O) groups excluding carboxylic acids is 1. The van der Waals surface area contributed by atoms with Crippen molar-refractivity contribution in [1.82, 2.24) is 9.78 Å². The van der Waals surface area contributed by atoms with Gasteiger partial charge in [0.1, 0.15) is 22.8 Å². The highest BCUT2D eigenvalue weighted by molar-refractivity contribution is 7.91. The van der Waals surface area contributed by atoms with Crippen LogP contribution in [0, 0.1) is 16.0 Å². The largest absolute Gasteiger partial charge is 0.420 e. The van der Waals surface area contributed by atoms with Gasteiger partial charge in [0, 0.05) is 31.3 Å². The topological polar surface area (TPSA) is 87.8 Å². The quantitative estimate of drug-likeness (QED) is 0.472. The standard InChI is InChI=1S/C21H21F7N4O2S/c1-18(8-20(24,25)9-18)10-32-15(14(21(26,27)28)16(31-32)19(23)3-4-19)17(33)30-12-5-11(22)6-13(7-12)35(2,29)34/h5-7,29H,3-4,8-10H2,1-2H3,(H,30,33). The molecule has 0 saturated heterocycles. The highest BCUT2D eigenvalue weighted by atomic mass is 32.2. The van der Waals surface area contributed by atoms with Crippen LogP contribution in [0.3, 0.4) is 0 Å². The van der Waals surface area contributed by atoms with E-state index in [9.17, 15) is 39.7 Å². The van der Waals surface area contributed by atoms with Crippen LogP contribution in [-0.2, 0) is 28.1 Å². The zero-order chi connectivity index (χ0) is 26.2. The van der Waals surface area contributed by atoms with E-state index in [4.69, 9.17) is 4.78 Å². The van der Waals surface area contributed by atoms with Crippen LogP contribution >= 0.6 is 0 Å². The minimum absolute atomic E-state index is 0.245. The number of nitrogens with zero attached hydrogens (tertiary/aromatic N) is 2. The number of hydrogen-bond acceptors (Lipinski definition) is 4. The van der Waals surface area contributed by atoms with E-state index in [-0.39, 0.29) is 17.7 Å². The maximum Gasteiger partial charge on any atom is 0.420 e. The summed E-state index contributed by atoms with van der Waals surface area (Å²) in [6.45, 7) is 0.891. The summed E-state index contributed by atoms with van der Waals surface area (Å²) in [6, 6.07) is 2.50. The predicted octanol–water partition coefficient (Wildman–Crippen LogP) is 5.72. The lowest BCUT2D eigenvalue weighted by atomic mass is 9.67. The van der Waals surface area contributed by atoms with Gasteiger partial charge in [0.05, 0.1) is 14.6 Å². The highest BCUT2D eigenvalue weighted by Gasteiger charge is 2.57. The molecule has 0 bridgehead atoms. The molecule has 1 unspecified atom stereocenters.